The number of hydrogen-bond donors (Lipinski definition) is 1. The van der Waals surface area contributed by atoms with Gasteiger partial charge in [-0.1, -0.05) is 13.8 Å². The molecule has 7 heteroatoms. The molecule has 1 saturated carbocycles. The summed E-state index contributed by atoms with van der Waals surface area (Å²) in [6.45, 7) is 6.54. The standard InChI is InChI=1S/C16H27F3N2O2/c1-4-23-13-9-12(15(13,2)3)20-14(22)11-5-7-21(8-6-11)10-16(17,18)19/h11-13H,4-10H2,1-3H3,(H,20,22)/t12-,13-/m1/s1. The summed E-state index contributed by atoms with van der Waals surface area (Å²) in [5.74, 6) is -0.203. The van der Waals surface area contributed by atoms with E-state index in [0.29, 0.717) is 32.5 Å². The normalized spacial score (nSPS) is 29.1. The van der Waals surface area contributed by atoms with E-state index >= 15 is 0 Å². The summed E-state index contributed by atoms with van der Waals surface area (Å²) >= 11 is 0. The van der Waals surface area contributed by atoms with Crippen LogP contribution < -0.4 is 5.32 Å². The molecule has 2 rings (SSSR count). The number of alkyl halides is 3. The quantitative estimate of drug-likeness (QED) is 0.839. The molecule has 23 heavy (non-hydrogen) atoms. The highest BCUT2D eigenvalue weighted by molar-refractivity contribution is 5.79. The Morgan fingerprint density at radius 2 is 1.91 bits per heavy atom. The number of halogens is 3. The second kappa shape index (κ2) is 6.97. The van der Waals surface area contributed by atoms with E-state index in [9.17, 15) is 18.0 Å². The van der Waals surface area contributed by atoms with Gasteiger partial charge in [0.1, 0.15) is 0 Å². The summed E-state index contributed by atoms with van der Waals surface area (Å²) in [7, 11) is 0. The molecule has 0 spiro atoms. The van der Waals surface area contributed by atoms with Gasteiger partial charge in [0.05, 0.1) is 12.6 Å². The molecule has 0 aromatic heterocycles. The van der Waals surface area contributed by atoms with Gasteiger partial charge >= 0.3 is 6.18 Å². The van der Waals surface area contributed by atoms with Gasteiger partial charge in [0.2, 0.25) is 5.91 Å². The molecule has 1 heterocycles. The number of carbonyl (C=O) groups is 1. The summed E-state index contributed by atoms with van der Waals surface area (Å²) in [5.41, 5.74) is -0.0946. The molecule has 2 atom stereocenters. The summed E-state index contributed by atoms with van der Waals surface area (Å²) in [4.78, 5) is 13.7. The Morgan fingerprint density at radius 1 is 1.30 bits per heavy atom. The fourth-order valence-corrected chi connectivity index (χ4v) is 3.51. The first-order chi connectivity index (χ1) is 10.6. The van der Waals surface area contributed by atoms with Crippen LogP contribution in [0.5, 0.6) is 0 Å². The third-order valence-electron chi connectivity index (χ3n) is 5.22. The van der Waals surface area contributed by atoms with Crippen molar-refractivity contribution in [1.82, 2.24) is 10.2 Å². The monoisotopic (exact) mass is 336 g/mol. The van der Waals surface area contributed by atoms with Crippen LogP contribution in [-0.4, -0.2) is 55.4 Å². The maximum absolute atomic E-state index is 12.4. The lowest BCUT2D eigenvalue weighted by Gasteiger charge is -2.52. The van der Waals surface area contributed by atoms with Crippen molar-refractivity contribution < 1.29 is 22.7 Å². The van der Waals surface area contributed by atoms with Gasteiger partial charge < -0.3 is 10.1 Å². The zero-order chi connectivity index (χ0) is 17.3. The molecule has 2 aliphatic rings. The number of nitrogens with one attached hydrogen (secondary N) is 1. The highest BCUT2D eigenvalue weighted by atomic mass is 19.4. The number of likely N-dealkylation sites (tertiary alicyclic amines) is 1. The van der Waals surface area contributed by atoms with E-state index in [1.54, 1.807) is 0 Å². The number of ether oxygens (including phenoxy) is 1. The van der Waals surface area contributed by atoms with E-state index in [1.165, 1.54) is 4.90 Å². The van der Waals surface area contributed by atoms with Crippen LogP contribution in [0.1, 0.15) is 40.0 Å². The van der Waals surface area contributed by atoms with Crippen LogP contribution in [0.3, 0.4) is 0 Å². The number of piperidine rings is 1. The van der Waals surface area contributed by atoms with Crippen molar-refractivity contribution in [3.05, 3.63) is 0 Å². The number of amides is 1. The zero-order valence-electron chi connectivity index (χ0n) is 14.1. The molecule has 1 aliphatic heterocycles. The third-order valence-corrected chi connectivity index (χ3v) is 5.22. The van der Waals surface area contributed by atoms with Gasteiger partial charge in [0, 0.05) is 24.0 Å². The topological polar surface area (TPSA) is 41.6 Å². The second-order valence-electron chi connectivity index (χ2n) is 7.23. The van der Waals surface area contributed by atoms with E-state index in [4.69, 9.17) is 4.74 Å². The highest BCUT2D eigenvalue weighted by Crippen LogP contribution is 2.43. The smallest absolute Gasteiger partial charge is 0.378 e. The van der Waals surface area contributed by atoms with Crippen molar-refractivity contribution in [3.8, 4) is 0 Å². The number of hydrogen-bond acceptors (Lipinski definition) is 3. The van der Waals surface area contributed by atoms with Gasteiger partial charge in [0.15, 0.2) is 0 Å². The van der Waals surface area contributed by atoms with Gasteiger partial charge in [-0.3, -0.25) is 9.69 Å². The lowest BCUT2D eigenvalue weighted by molar-refractivity contribution is -0.151. The van der Waals surface area contributed by atoms with E-state index in [2.05, 4.69) is 19.2 Å². The first-order valence-electron chi connectivity index (χ1n) is 8.34. The van der Waals surface area contributed by atoms with Crippen LogP contribution in [0.15, 0.2) is 0 Å². The second-order valence-corrected chi connectivity index (χ2v) is 7.23. The van der Waals surface area contributed by atoms with E-state index < -0.39 is 12.7 Å². The Bertz CT molecular complexity index is 418. The SMILES string of the molecule is CCO[C@@H]1C[C@@H](NC(=O)C2CCN(CC(F)(F)F)CC2)C1(C)C. The number of nitrogens with zero attached hydrogens (tertiary/aromatic N) is 1. The Labute approximate surface area is 135 Å². The maximum atomic E-state index is 12.4. The first-order valence-corrected chi connectivity index (χ1v) is 8.34. The molecular formula is C16H27F3N2O2. The summed E-state index contributed by atoms with van der Waals surface area (Å²) in [5, 5.41) is 3.07. The zero-order valence-corrected chi connectivity index (χ0v) is 14.1. The van der Waals surface area contributed by atoms with Crippen LogP contribution >= 0.6 is 0 Å². The van der Waals surface area contributed by atoms with Gasteiger partial charge in [-0.25, -0.2) is 0 Å². The van der Waals surface area contributed by atoms with Crippen molar-refractivity contribution in [1.29, 1.82) is 0 Å². The molecule has 1 amide bonds. The average molecular weight is 336 g/mol. The van der Waals surface area contributed by atoms with Crippen LogP contribution in [0.4, 0.5) is 13.2 Å². The van der Waals surface area contributed by atoms with Crippen molar-refractivity contribution in [3.63, 3.8) is 0 Å². The van der Waals surface area contributed by atoms with Crippen LogP contribution in [0, 0.1) is 11.3 Å². The van der Waals surface area contributed by atoms with Gasteiger partial charge in [-0.2, -0.15) is 13.2 Å². The van der Waals surface area contributed by atoms with E-state index in [-0.39, 0.29) is 29.4 Å². The Hall–Kier alpha value is -0.820. The molecule has 1 aliphatic carbocycles. The van der Waals surface area contributed by atoms with Gasteiger partial charge in [-0.05, 0) is 39.3 Å². The van der Waals surface area contributed by atoms with Crippen molar-refractivity contribution in [2.24, 2.45) is 11.3 Å². The van der Waals surface area contributed by atoms with Gasteiger partial charge in [0.25, 0.3) is 0 Å². The van der Waals surface area contributed by atoms with Crippen molar-refractivity contribution >= 4 is 5.91 Å². The molecule has 0 bridgehead atoms. The summed E-state index contributed by atoms with van der Waals surface area (Å²) in [6, 6.07) is 0.0831. The molecule has 1 saturated heterocycles. The molecule has 4 nitrogen and oxygen atoms in total. The average Bonchev–Trinajstić information content (AvgIpc) is 2.45. The predicted octanol–water partition coefficient (Wildman–Crippen LogP) is 2.58. The third kappa shape index (κ3) is 4.59. The highest BCUT2D eigenvalue weighted by Gasteiger charge is 2.50. The van der Waals surface area contributed by atoms with Gasteiger partial charge in [-0.15, -0.1) is 0 Å². The Kier molecular flexibility index (Phi) is 5.61. The maximum Gasteiger partial charge on any atom is 0.401 e. The molecule has 134 valence electrons. The molecule has 2 fully saturated rings. The minimum absolute atomic E-state index is 0.0234. The van der Waals surface area contributed by atoms with Crippen LogP contribution in [-0.2, 0) is 9.53 Å². The lowest BCUT2D eigenvalue weighted by Crippen LogP contribution is -2.63. The summed E-state index contributed by atoms with van der Waals surface area (Å²) in [6.07, 6.45) is -2.22. The molecule has 0 unspecified atom stereocenters. The summed E-state index contributed by atoms with van der Waals surface area (Å²) < 4.78 is 42.8. The minimum atomic E-state index is -4.17. The van der Waals surface area contributed by atoms with E-state index in [0.717, 1.165) is 6.42 Å². The number of rotatable bonds is 5. The molecule has 0 radical (unpaired) electrons. The largest absolute Gasteiger partial charge is 0.401 e. The minimum Gasteiger partial charge on any atom is -0.378 e. The van der Waals surface area contributed by atoms with Crippen molar-refractivity contribution in [2.75, 3.05) is 26.2 Å². The van der Waals surface area contributed by atoms with E-state index in [1.807, 2.05) is 6.92 Å². The Balaban J connectivity index is 1.76. The fraction of sp³-hybridized carbons (Fsp3) is 0.938. The molecule has 0 aromatic rings. The first kappa shape index (κ1) is 18.5. The molecular weight excluding hydrogens is 309 g/mol. The number of carbonyl (C=O) groups excluding carboxylic acids is 1. The lowest BCUT2D eigenvalue weighted by atomic mass is 9.64. The van der Waals surface area contributed by atoms with Crippen LogP contribution in [0.2, 0.25) is 0 Å². The fourth-order valence-electron chi connectivity index (χ4n) is 3.51. The molecule has 0 aromatic carbocycles. The van der Waals surface area contributed by atoms with Crippen LogP contribution in [0.25, 0.3) is 0 Å². The Morgan fingerprint density at radius 3 is 2.39 bits per heavy atom. The molecule has 1 N–H and O–H groups in total. The predicted molar refractivity (Wildman–Crippen MR) is 81.0 cm³/mol. The van der Waals surface area contributed by atoms with Crippen molar-refractivity contribution in [2.45, 2.75) is 58.4 Å².